The van der Waals surface area contributed by atoms with E-state index >= 15 is 0 Å². The van der Waals surface area contributed by atoms with Crippen LogP contribution < -0.4 is 10.6 Å². The van der Waals surface area contributed by atoms with E-state index < -0.39 is 12.6 Å². The summed E-state index contributed by atoms with van der Waals surface area (Å²) in [7, 11) is 1.53. The van der Waals surface area contributed by atoms with Crippen LogP contribution >= 0.6 is 0 Å². The Labute approximate surface area is 112 Å². The zero-order chi connectivity index (χ0) is 14.7. The number of guanidine groups is 1. The number of nitrogens with one attached hydrogen (secondary N) is 2. The van der Waals surface area contributed by atoms with Crippen molar-refractivity contribution in [2.45, 2.75) is 32.9 Å². The zero-order valence-corrected chi connectivity index (χ0v) is 11.8. The molecule has 0 aliphatic heterocycles. The van der Waals surface area contributed by atoms with Gasteiger partial charge >= 0.3 is 6.18 Å². The molecular weight excluding hydrogens is 259 g/mol. The molecule has 0 aliphatic rings. The van der Waals surface area contributed by atoms with Crippen LogP contribution in [0.3, 0.4) is 0 Å². The van der Waals surface area contributed by atoms with E-state index in [1.54, 1.807) is 0 Å². The lowest BCUT2D eigenvalue weighted by molar-refractivity contribution is -0.132. The minimum atomic E-state index is -4.14. The third-order valence-corrected chi connectivity index (χ3v) is 2.13. The highest BCUT2D eigenvalue weighted by Crippen LogP contribution is 2.17. The molecule has 7 heteroatoms. The molecule has 0 saturated heterocycles. The van der Waals surface area contributed by atoms with Gasteiger partial charge in [-0.2, -0.15) is 13.2 Å². The number of hydrogen-bond donors (Lipinski definition) is 2. The van der Waals surface area contributed by atoms with Crippen molar-refractivity contribution in [2.75, 3.05) is 33.4 Å². The van der Waals surface area contributed by atoms with Crippen LogP contribution in [0.15, 0.2) is 4.99 Å². The normalized spacial score (nSPS) is 12.9. The van der Waals surface area contributed by atoms with Crippen molar-refractivity contribution in [1.29, 1.82) is 0 Å². The summed E-state index contributed by atoms with van der Waals surface area (Å²) in [5, 5.41) is 5.55. The van der Waals surface area contributed by atoms with Crippen molar-refractivity contribution >= 4 is 5.96 Å². The monoisotopic (exact) mass is 283 g/mol. The lowest BCUT2D eigenvalue weighted by Crippen LogP contribution is -2.39. The first-order valence-electron chi connectivity index (χ1n) is 6.44. The number of ether oxygens (including phenoxy) is 1. The van der Waals surface area contributed by atoms with Gasteiger partial charge in [0.1, 0.15) is 0 Å². The molecule has 0 amide bonds. The number of hydrogen-bond acceptors (Lipinski definition) is 2. The molecule has 0 aliphatic carbocycles. The Balaban J connectivity index is 3.56. The van der Waals surface area contributed by atoms with Crippen molar-refractivity contribution < 1.29 is 17.9 Å². The van der Waals surface area contributed by atoms with E-state index in [9.17, 15) is 13.2 Å². The first kappa shape index (κ1) is 18.0. The summed E-state index contributed by atoms with van der Waals surface area (Å²) in [6, 6.07) is 0. The SMILES string of the molecule is CN=C(NCCCOCC(C)C)NCCC(F)(F)F. The molecule has 0 rings (SSSR count). The molecule has 0 aromatic carbocycles. The second-order valence-corrected chi connectivity index (χ2v) is 4.61. The van der Waals surface area contributed by atoms with E-state index in [1.807, 2.05) is 0 Å². The van der Waals surface area contributed by atoms with Crippen LogP contribution in [-0.4, -0.2) is 45.5 Å². The van der Waals surface area contributed by atoms with Gasteiger partial charge in [-0.1, -0.05) is 13.8 Å². The molecule has 0 bridgehead atoms. The standard InChI is InChI=1S/C12H24F3N3O/c1-10(2)9-19-8-4-6-17-11(16-3)18-7-5-12(13,14)15/h10H,4-9H2,1-3H3,(H2,16,17,18). The Kier molecular flexibility index (Phi) is 9.38. The molecule has 0 atom stereocenters. The molecule has 0 spiro atoms. The molecule has 4 nitrogen and oxygen atoms in total. The van der Waals surface area contributed by atoms with Crippen molar-refractivity contribution in [3.8, 4) is 0 Å². The molecule has 2 N–H and O–H groups in total. The molecule has 19 heavy (non-hydrogen) atoms. The molecule has 0 aromatic heterocycles. The first-order chi connectivity index (χ1) is 8.85. The Morgan fingerprint density at radius 3 is 2.37 bits per heavy atom. The maximum Gasteiger partial charge on any atom is 0.390 e. The number of rotatable bonds is 8. The second-order valence-electron chi connectivity index (χ2n) is 4.61. The van der Waals surface area contributed by atoms with Gasteiger partial charge in [0.2, 0.25) is 0 Å². The number of aliphatic imine (C=N–C) groups is 1. The van der Waals surface area contributed by atoms with Gasteiger partial charge in [-0.15, -0.1) is 0 Å². The summed E-state index contributed by atoms with van der Waals surface area (Å²) in [5.74, 6) is 0.887. The maximum absolute atomic E-state index is 11.9. The van der Waals surface area contributed by atoms with Crippen LogP contribution in [0.4, 0.5) is 13.2 Å². The van der Waals surface area contributed by atoms with Crippen LogP contribution in [0, 0.1) is 5.92 Å². The molecule has 0 radical (unpaired) electrons. The second kappa shape index (κ2) is 9.89. The molecule has 0 heterocycles. The van der Waals surface area contributed by atoms with Gasteiger partial charge in [-0.05, 0) is 12.3 Å². The van der Waals surface area contributed by atoms with E-state index in [0.717, 1.165) is 13.0 Å². The smallest absolute Gasteiger partial charge is 0.381 e. The van der Waals surface area contributed by atoms with E-state index in [1.165, 1.54) is 7.05 Å². The van der Waals surface area contributed by atoms with Gasteiger partial charge in [0, 0.05) is 33.4 Å². The van der Waals surface area contributed by atoms with Crippen LogP contribution in [0.2, 0.25) is 0 Å². The third-order valence-electron chi connectivity index (χ3n) is 2.13. The molecule has 0 unspecified atom stereocenters. The van der Waals surface area contributed by atoms with Crippen molar-refractivity contribution in [1.82, 2.24) is 10.6 Å². The van der Waals surface area contributed by atoms with Crippen LogP contribution in [0.1, 0.15) is 26.7 Å². The summed E-state index contributed by atoms with van der Waals surface area (Å²) < 4.78 is 41.2. The minimum absolute atomic E-state index is 0.174. The van der Waals surface area contributed by atoms with Crippen molar-refractivity contribution in [3.05, 3.63) is 0 Å². The van der Waals surface area contributed by atoms with Gasteiger partial charge in [0.15, 0.2) is 5.96 Å². The average molecular weight is 283 g/mol. The topological polar surface area (TPSA) is 45.7 Å². The van der Waals surface area contributed by atoms with E-state index in [4.69, 9.17) is 4.74 Å². The third kappa shape index (κ3) is 13.3. The summed E-state index contributed by atoms with van der Waals surface area (Å²) >= 11 is 0. The van der Waals surface area contributed by atoms with Gasteiger partial charge < -0.3 is 15.4 Å². The number of alkyl halides is 3. The van der Waals surface area contributed by atoms with Gasteiger partial charge in [0.25, 0.3) is 0 Å². The predicted octanol–water partition coefficient (Wildman–Crippen LogP) is 2.17. The minimum Gasteiger partial charge on any atom is -0.381 e. The average Bonchev–Trinajstić information content (AvgIpc) is 2.29. The van der Waals surface area contributed by atoms with Crippen LogP contribution in [0.25, 0.3) is 0 Å². The van der Waals surface area contributed by atoms with Crippen molar-refractivity contribution in [3.63, 3.8) is 0 Å². The van der Waals surface area contributed by atoms with Crippen LogP contribution in [0.5, 0.6) is 0 Å². The molecule has 0 saturated carbocycles. The van der Waals surface area contributed by atoms with Crippen molar-refractivity contribution in [2.24, 2.45) is 10.9 Å². The largest absolute Gasteiger partial charge is 0.390 e. The highest BCUT2D eigenvalue weighted by Gasteiger charge is 2.26. The van der Waals surface area contributed by atoms with E-state index in [0.29, 0.717) is 25.0 Å². The Hall–Kier alpha value is -0.980. The fourth-order valence-corrected chi connectivity index (χ4v) is 1.24. The highest BCUT2D eigenvalue weighted by atomic mass is 19.4. The fourth-order valence-electron chi connectivity index (χ4n) is 1.24. The zero-order valence-electron chi connectivity index (χ0n) is 11.8. The Morgan fingerprint density at radius 2 is 1.84 bits per heavy atom. The van der Waals surface area contributed by atoms with E-state index in [2.05, 4.69) is 29.5 Å². The number of nitrogens with zero attached hydrogens (tertiary/aromatic N) is 1. The summed E-state index contributed by atoms with van der Waals surface area (Å²) in [4.78, 5) is 3.84. The molecular formula is C12H24F3N3O. The van der Waals surface area contributed by atoms with E-state index in [-0.39, 0.29) is 6.54 Å². The predicted molar refractivity (Wildman–Crippen MR) is 70.3 cm³/mol. The summed E-state index contributed by atoms with van der Waals surface area (Å²) in [6.45, 7) is 5.94. The number of halogens is 3. The Morgan fingerprint density at radius 1 is 1.21 bits per heavy atom. The Bertz CT molecular complexity index is 255. The fraction of sp³-hybridized carbons (Fsp3) is 0.917. The van der Waals surface area contributed by atoms with Crippen LogP contribution in [-0.2, 0) is 4.74 Å². The lowest BCUT2D eigenvalue weighted by atomic mass is 10.2. The summed E-state index contributed by atoms with van der Waals surface area (Å²) in [5.41, 5.74) is 0. The molecule has 114 valence electrons. The van der Waals surface area contributed by atoms with Gasteiger partial charge in [0.05, 0.1) is 6.42 Å². The molecule has 0 fully saturated rings. The molecule has 0 aromatic rings. The summed E-state index contributed by atoms with van der Waals surface area (Å²) in [6.07, 6.45) is -4.23. The lowest BCUT2D eigenvalue weighted by Gasteiger charge is -2.13. The quantitative estimate of drug-likeness (QED) is 0.408. The van der Waals surface area contributed by atoms with Gasteiger partial charge in [-0.3, -0.25) is 4.99 Å². The highest BCUT2D eigenvalue weighted by molar-refractivity contribution is 5.79. The first-order valence-corrected chi connectivity index (χ1v) is 6.44. The maximum atomic E-state index is 11.9. The van der Waals surface area contributed by atoms with Gasteiger partial charge in [-0.25, -0.2) is 0 Å².